The van der Waals surface area contributed by atoms with Crippen molar-refractivity contribution in [2.24, 2.45) is 5.92 Å². The highest BCUT2D eigenvalue weighted by Gasteiger charge is 2.19. The number of nitrogens with one attached hydrogen (secondary N) is 1. The summed E-state index contributed by atoms with van der Waals surface area (Å²) in [5.74, 6) is 0.445. The molecule has 0 spiro atoms. The molecule has 68 valence electrons. The molecule has 0 aromatic carbocycles. The summed E-state index contributed by atoms with van der Waals surface area (Å²) in [4.78, 5) is 10.8. The molecule has 0 atom stereocenters. The van der Waals surface area contributed by atoms with Gasteiger partial charge in [-0.3, -0.25) is 5.32 Å². The lowest BCUT2D eigenvalue weighted by atomic mass is 10.00. The van der Waals surface area contributed by atoms with Crippen molar-refractivity contribution in [2.45, 2.75) is 27.2 Å². The topological polar surface area (TPSA) is 38.3 Å². The molecule has 1 aliphatic heterocycles. The number of ether oxygens (including phenoxy) is 1. The first-order valence-electron chi connectivity index (χ1n) is 4.30. The molecule has 0 saturated heterocycles. The highest BCUT2D eigenvalue weighted by molar-refractivity contribution is 5.71. The summed E-state index contributed by atoms with van der Waals surface area (Å²) in [6.07, 6.45) is 0.541. The number of cyclic esters (lactones) is 1. The Morgan fingerprint density at radius 1 is 1.58 bits per heavy atom. The SMILES string of the molecule is CCC1=C(C(C)C)COC(=O)N1. The number of alkyl carbamates (subject to hydrolysis) is 1. The van der Waals surface area contributed by atoms with Gasteiger partial charge in [-0.15, -0.1) is 0 Å². The second kappa shape index (κ2) is 3.61. The molecule has 3 heteroatoms. The first-order valence-corrected chi connectivity index (χ1v) is 4.30. The Morgan fingerprint density at radius 2 is 2.25 bits per heavy atom. The van der Waals surface area contributed by atoms with Crippen LogP contribution in [0.15, 0.2) is 11.3 Å². The van der Waals surface area contributed by atoms with Gasteiger partial charge in [0.1, 0.15) is 6.61 Å². The van der Waals surface area contributed by atoms with Crippen LogP contribution in [-0.2, 0) is 4.74 Å². The molecule has 0 aromatic rings. The zero-order valence-electron chi connectivity index (χ0n) is 7.81. The van der Waals surface area contributed by atoms with Crippen LogP contribution in [-0.4, -0.2) is 12.7 Å². The molecule has 1 N–H and O–H groups in total. The number of allylic oxidation sites excluding steroid dienone is 1. The van der Waals surface area contributed by atoms with Crippen LogP contribution >= 0.6 is 0 Å². The Balaban J connectivity index is 2.83. The molecule has 0 saturated carbocycles. The zero-order valence-corrected chi connectivity index (χ0v) is 7.81. The van der Waals surface area contributed by atoms with Crippen molar-refractivity contribution < 1.29 is 9.53 Å². The van der Waals surface area contributed by atoms with Crippen LogP contribution in [0.5, 0.6) is 0 Å². The lowest BCUT2D eigenvalue weighted by Crippen LogP contribution is -2.32. The molecule has 0 aromatic heterocycles. The van der Waals surface area contributed by atoms with Crippen LogP contribution in [0.1, 0.15) is 27.2 Å². The van der Waals surface area contributed by atoms with Gasteiger partial charge in [-0.2, -0.15) is 0 Å². The van der Waals surface area contributed by atoms with Crippen LogP contribution in [0.3, 0.4) is 0 Å². The molecule has 3 nitrogen and oxygen atoms in total. The van der Waals surface area contributed by atoms with Crippen LogP contribution < -0.4 is 5.32 Å². The number of carbonyl (C=O) groups is 1. The molecule has 1 rings (SSSR count). The fraction of sp³-hybridized carbons (Fsp3) is 0.667. The third kappa shape index (κ3) is 1.78. The van der Waals surface area contributed by atoms with Crippen molar-refractivity contribution in [1.29, 1.82) is 0 Å². The Kier molecular flexibility index (Phi) is 2.74. The van der Waals surface area contributed by atoms with E-state index >= 15 is 0 Å². The van der Waals surface area contributed by atoms with E-state index in [1.54, 1.807) is 0 Å². The smallest absolute Gasteiger partial charge is 0.411 e. The van der Waals surface area contributed by atoms with Gasteiger partial charge in [-0.25, -0.2) is 4.79 Å². The van der Waals surface area contributed by atoms with Gasteiger partial charge in [0, 0.05) is 5.70 Å². The van der Waals surface area contributed by atoms with E-state index in [4.69, 9.17) is 4.74 Å². The third-order valence-corrected chi connectivity index (χ3v) is 2.05. The molecule has 1 amide bonds. The molecule has 12 heavy (non-hydrogen) atoms. The summed E-state index contributed by atoms with van der Waals surface area (Å²) in [7, 11) is 0. The van der Waals surface area contributed by atoms with E-state index in [0.717, 1.165) is 12.1 Å². The number of hydrogen-bond donors (Lipinski definition) is 1. The van der Waals surface area contributed by atoms with Gasteiger partial charge < -0.3 is 4.74 Å². The van der Waals surface area contributed by atoms with Gasteiger partial charge in [0.2, 0.25) is 0 Å². The second-order valence-corrected chi connectivity index (χ2v) is 3.21. The minimum Gasteiger partial charge on any atom is -0.445 e. The summed E-state index contributed by atoms with van der Waals surface area (Å²) in [6, 6.07) is 0. The van der Waals surface area contributed by atoms with E-state index in [9.17, 15) is 4.79 Å². The van der Waals surface area contributed by atoms with E-state index in [0.29, 0.717) is 12.5 Å². The van der Waals surface area contributed by atoms with Gasteiger partial charge in [-0.1, -0.05) is 20.8 Å². The van der Waals surface area contributed by atoms with Gasteiger partial charge in [0.05, 0.1) is 0 Å². The van der Waals surface area contributed by atoms with Gasteiger partial charge in [0.25, 0.3) is 0 Å². The highest BCUT2D eigenvalue weighted by Crippen LogP contribution is 2.19. The van der Waals surface area contributed by atoms with Gasteiger partial charge in [0.15, 0.2) is 0 Å². The Morgan fingerprint density at radius 3 is 2.75 bits per heavy atom. The maximum Gasteiger partial charge on any atom is 0.411 e. The summed E-state index contributed by atoms with van der Waals surface area (Å²) >= 11 is 0. The largest absolute Gasteiger partial charge is 0.445 e. The molecular weight excluding hydrogens is 154 g/mol. The number of rotatable bonds is 2. The van der Waals surface area contributed by atoms with E-state index in [1.165, 1.54) is 5.57 Å². The van der Waals surface area contributed by atoms with Crippen molar-refractivity contribution in [1.82, 2.24) is 5.32 Å². The van der Waals surface area contributed by atoms with Crippen molar-refractivity contribution in [3.8, 4) is 0 Å². The summed E-state index contributed by atoms with van der Waals surface area (Å²) < 4.78 is 4.88. The average molecular weight is 169 g/mol. The standard InChI is InChI=1S/C9H15NO2/c1-4-8-7(6(2)3)5-12-9(11)10-8/h6H,4-5H2,1-3H3,(H,10,11). The normalized spacial score (nSPS) is 17.8. The molecule has 0 bridgehead atoms. The molecule has 0 aliphatic carbocycles. The molecule has 0 fully saturated rings. The summed E-state index contributed by atoms with van der Waals surface area (Å²) in [5, 5.41) is 2.72. The van der Waals surface area contributed by atoms with E-state index < -0.39 is 0 Å². The Bertz CT molecular complexity index is 219. The van der Waals surface area contributed by atoms with Crippen LogP contribution in [0.25, 0.3) is 0 Å². The quantitative estimate of drug-likeness (QED) is 0.687. The maximum atomic E-state index is 10.8. The van der Waals surface area contributed by atoms with Gasteiger partial charge >= 0.3 is 6.09 Å². The number of amides is 1. The minimum absolute atomic E-state index is 0.323. The van der Waals surface area contributed by atoms with Crippen molar-refractivity contribution in [2.75, 3.05) is 6.61 Å². The lowest BCUT2D eigenvalue weighted by molar-refractivity contribution is 0.148. The van der Waals surface area contributed by atoms with E-state index in [-0.39, 0.29) is 6.09 Å². The summed E-state index contributed by atoms with van der Waals surface area (Å²) in [5.41, 5.74) is 2.23. The average Bonchev–Trinajstić information content (AvgIpc) is 2.03. The van der Waals surface area contributed by atoms with Crippen molar-refractivity contribution >= 4 is 6.09 Å². The fourth-order valence-electron chi connectivity index (χ4n) is 1.30. The highest BCUT2D eigenvalue weighted by atomic mass is 16.5. The predicted molar refractivity (Wildman–Crippen MR) is 46.6 cm³/mol. The van der Waals surface area contributed by atoms with Crippen LogP contribution in [0.4, 0.5) is 4.79 Å². The number of carbonyl (C=O) groups excluding carboxylic acids is 1. The summed E-state index contributed by atoms with van der Waals surface area (Å²) in [6.45, 7) is 6.69. The second-order valence-electron chi connectivity index (χ2n) is 3.21. The van der Waals surface area contributed by atoms with Crippen molar-refractivity contribution in [3.05, 3.63) is 11.3 Å². The third-order valence-electron chi connectivity index (χ3n) is 2.05. The van der Waals surface area contributed by atoms with E-state index in [2.05, 4.69) is 19.2 Å². The lowest BCUT2D eigenvalue weighted by Gasteiger charge is -2.22. The first-order chi connectivity index (χ1) is 5.65. The Labute approximate surface area is 72.8 Å². The van der Waals surface area contributed by atoms with Crippen LogP contribution in [0, 0.1) is 5.92 Å². The van der Waals surface area contributed by atoms with Gasteiger partial charge in [-0.05, 0) is 17.9 Å². The number of hydrogen-bond acceptors (Lipinski definition) is 2. The monoisotopic (exact) mass is 169 g/mol. The zero-order chi connectivity index (χ0) is 9.14. The Hall–Kier alpha value is -0.990. The maximum absolute atomic E-state index is 10.8. The first kappa shape index (κ1) is 9.10. The predicted octanol–water partition coefficient (Wildman–Crippen LogP) is 2.05. The molecule has 0 unspecified atom stereocenters. The molecule has 0 radical (unpaired) electrons. The molecule has 1 heterocycles. The molecule has 1 aliphatic rings. The van der Waals surface area contributed by atoms with E-state index in [1.807, 2.05) is 6.92 Å². The van der Waals surface area contributed by atoms with Crippen LogP contribution in [0.2, 0.25) is 0 Å². The molecular formula is C9H15NO2. The fourth-order valence-corrected chi connectivity index (χ4v) is 1.30. The minimum atomic E-state index is -0.323. The van der Waals surface area contributed by atoms with Crippen molar-refractivity contribution in [3.63, 3.8) is 0 Å².